The van der Waals surface area contributed by atoms with Gasteiger partial charge in [0.05, 0.1) is 5.56 Å². The molecule has 0 aliphatic heterocycles. The first-order chi connectivity index (χ1) is 17.7. The van der Waals surface area contributed by atoms with E-state index in [1.165, 1.54) is 18.5 Å². The highest BCUT2D eigenvalue weighted by Crippen LogP contribution is 2.31. The Kier molecular flexibility index (Phi) is 7.19. The number of urea groups is 1. The van der Waals surface area contributed by atoms with Crippen LogP contribution in [0.4, 0.5) is 40.8 Å². The second-order valence-electron chi connectivity index (χ2n) is 7.59. The predicted molar refractivity (Wildman–Crippen MR) is 131 cm³/mol. The number of ether oxygens (including phenoxy) is 1. The molecule has 0 aliphatic carbocycles. The Hall–Kier alpha value is -5.13. The lowest BCUT2D eigenvalue weighted by Gasteiger charge is -2.11. The third-order valence-electron chi connectivity index (χ3n) is 4.87. The van der Waals surface area contributed by atoms with Crippen molar-refractivity contribution in [2.45, 2.75) is 6.18 Å². The molecule has 1 aromatic heterocycles. The lowest BCUT2D eigenvalue weighted by Crippen LogP contribution is -2.19. The van der Waals surface area contributed by atoms with Gasteiger partial charge in [-0.05, 0) is 66.7 Å². The highest BCUT2D eigenvalue weighted by atomic mass is 19.4. The molecule has 0 saturated carbocycles. The summed E-state index contributed by atoms with van der Waals surface area (Å²) in [5.74, 6) is 0.580. The summed E-state index contributed by atoms with van der Waals surface area (Å²) < 4.78 is 44.2. The molecule has 9 nitrogen and oxygen atoms in total. The number of nitrogens with two attached hydrogens (primary N) is 1. The SMILES string of the molecule is NC(=O)c1ccc(Nc2cc(Oc3ccc(NC(=O)Nc4cccc(C(F)(F)F)c4)cc3)ncn2)cc1. The van der Waals surface area contributed by atoms with Crippen molar-refractivity contribution in [3.8, 4) is 11.6 Å². The van der Waals surface area contributed by atoms with Crippen LogP contribution in [0.1, 0.15) is 15.9 Å². The van der Waals surface area contributed by atoms with Gasteiger partial charge in [-0.1, -0.05) is 6.07 Å². The minimum atomic E-state index is -4.51. The molecule has 188 valence electrons. The van der Waals surface area contributed by atoms with E-state index in [-0.39, 0.29) is 11.6 Å². The van der Waals surface area contributed by atoms with Crippen molar-refractivity contribution in [2.24, 2.45) is 5.73 Å². The topological polar surface area (TPSA) is 131 Å². The fourth-order valence-electron chi connectivity index (χ4n) is 3.12. The number of nitrogens with one attached hydrogen (secondary N) is 3. The Morgan fingerprint density at radius 3 is 2.16 bits per heavy atom. The van der Waals surface area contributed by atoms with E-state index < -0.39 is 23.7 Å². The van der Waals surface area contributed by atoms with Gasteiger partial charge in [-0.3, -0.25) is 4.79 Å². The van der Waals surface area contributed by atoms with Crippen molar-refractivity contribution in [3.05, 3.63) is 96.3 Å². The number of alkyl halides is 3. The highest BCUT2D eigenvalue weighted by Gasteiger charge is 2.30. The number of anilines is 4. The maximum Gasteiger partial charge on any atom is 0.416 e. The first-order valence-corrected chi connectivity index (χ1v) is 10.7. The number of rotatable bonds is 7. The maximum atomic E-state index is 12.8. The van der Waals surface area contributed by atoms with Crippen LogP contribution < -0.4 is 26.4 Å². The van der Waals surface area contributed by atoms with Crippen molar-refractivity contribution < 1.29 is 27.5 Å². The number of hydrogen-bond acceptors (Lipinski definition) is 6. The largest absolute Gasteiger partial charge is 0.439 e. The maximum absolute atomic E-state index is 12.8. The summed E-state index contributed by atoms with van der Waals surface area (Å²) in [6, 6.07) is 18.0. The minimum Gasteiger partial charge on any atom is -0.439 e. The van der Waals surface area contributed by atoms with Gasteiger partial charge < -0.3 is 26.4 Å². The quantitative estimate of drug-likeness (QED) is 0.251. The number of aromatic nitrogens is 2. The lowest BCUT2D eigenvalue weighted by molar-refractivity contribution is -0.137. The molecule has 4 rings (SSSR count). The summed E-state index contributed by atoms with van der Waals surface area (Å²) >= 11 is 0. The Morgan fingerprint density at radius 2 is 1.49 bits per heavy atom. The lowest BCUT2D eigenvalue weighted by atomic mass is 10.2. The van der Waals surface area contributed by atoms with Crippen LogP contribution in [0.2, 0.25) is 0 Å². The molecule has 3 aromatic carbocycles. The minimum absolute atomic E-state index is 0.00395. The van der Waals surface area contributed by atoms with Crippen LogP contribution in [0.3, 0.4) is 0 Å². The average molecular weight is 508 g/mol. The van der Waals surface area contributed by atoms with Crippen LogP contribution in [-0.4, -0.2) is 21.9 Å². The van der Waals surface area contributed by atoms with Gasteiger partial charge in [-0.2, -0.15) is 13.2 Å². The van der Waals surface area contributed by atoms with E-state index in [1.807, 2.05) is 0 Å². The highest BCUT2D eigenvalue weighted by molar-refractivity contribution is 5.99. The standard InChI is InChI=1S/C25H19F3N6O3/c26-25(27,28)16-2-1-3-19(12-16)34-24(36)33-18-8-10-20(11-9-18)37-22-13-21(30-14-31-22)32-17-6-4-15(5-7-17)23(29)35/h1-14H,(H2,29,35)(H,30,31,32)(H2,33,34,36). The zero-order valence-electron chi connectivity index (χ0n) is 18.9. The molecular weight excluding hydrogens is 489 g/mol. The van der Waals surface area contributed by atoms with Gasteiger partial charge in [0.15, 0.2) is 0 Å². The van der Waals surface area contributed by atoms with Crippen LogP contribution >= 0.6 is 0 Å². The van der Waals surface area contributed by atoms with Gasteiger partial charge in [-0.15, -0.1) is 0 Å². The number of nitrogens with zero attached hydrogens (tertiary/aromatic N) is 2. The van der Waals surface area contributed by atoms with E-state index in [9.17, 15) is 22.8 Å². The second-order valence-corrected chi connectivity index (χ2v) is 7.59. The van der Waals surface area contributed by atoms with E-state index in [4.69, 9.17) is 10.5 Å². The number of amides is 3. The van der Waals surface area contributed by atoms with Crippen LogP contribution in [0.5, 0.6) is 11.6 Å². The normalized spacial score (nSPS) is 10.9. The average Bonchev–Trinajstić information content (AvgIpc) is 2.85. The van der Waals surface area contributed by atoms with Crippen molar-refractivity contribution in [2.75, 3.05) is 16.0 Å². The second kappa shape index (κ2) is 10.6. The summed E-state index contributed by atoms with van der Waals surface area (Å²) in [4.78, 5) is 31.5. The van der Waals surface area contributed by atoms with E-state index in [2.05, 4.69) is 25.9 Å². The van der Waals surface area contributed by atoms with Crippen molar-refractivity contribution in [1.82, 2.24) is 9.97 Å². The van der Waals surface area contributed by atoms with E-state index in [0.717, 1.165) is 12.1 Å². The van der Waals surface area contributed by atoms with Gasteiger partial charge in [-0.25, -0.2) is 14.8 Å². The molecule has 0 spiro atoms. The molecule has 5 N–H and O–H groups in total. The molecule has 37 heavy (non-hydrogen) atoms. The summed E-state index contributed by atoms with van der Waals surface area (Å²) in [5.41, 5.74) is 5.82. The van der Waals surface area contributed by atoms with Gasteiger partial charge in [0.25, 0.3) is 0 Å². The molecule has 3 amide bonds. The number of carbonyl (C=O) groups is 2. The summed E-state index contributed by atoms with van der Waals surface area (Å²) in [6.45, 7) is 0. The molecule has 0 radical (unpaired) electrons. The first kappa shape index (κ1) is 25.0. The van der Waals surface area contributed by atoms with E-state index in [1.54, 1.807) is 54.6 Å². The molecule has 0 bridgehead atoms. The van der Waals surface area contributed by atoms with Crippen LogP contribution in [0, 0.1) is 0 Å². The summed E-state index contributed by atoms with van der Waals surface area (Å²) in [7, 11) is 0. The fraction of sp³-hybridized carbons (Fsp3) is 0.0400. The smallest absolute Gasteiger partial charge is 0.416 e. The first-order valence-electron chi connectivity index (χ1n) is 10.7. The molecule has 0 saturated heterocycles. The van der Waals surface area contributed by atoms with Gasteiger partial charge in [0, 0.05) is 28.7 Å². The number of hydrogen-bond donors (Lipinski definition) is 4. The molecule has 0 unspecified atom stereocenters. The van der Waals surface area contributed by atoms with E-state index >= 15 is 0 Å². The molecule has 0 atom stereocenters. The van der Waals surface area contributed by atoms with Crippen LogP contribution in [0.25, 0.3) is 0 Å². The summed E-state index contributed by atoms with van der Waals surface area (Å²) in [6.07, 6.45) is -3.20. The molecule has 1 heterocycles. The molecular formula is C25H19F3N6O3. The molecule has 0 aliphatic rings. The Morgan fingerprint density at radius 1 is 0.811 bits per heavy atom. The third-order valence-corrected chi connectivity index (χ3v) is 4.87. The zero-order chi connectivity index (χ0) is 26.4. The summed E-state index contributed by atoms with van der Waals surface area (Å²) in [5, 5.41) is 7.96. The molecule has 12 heteroatoms. The number of benzene rings is 3. The van der Waals surface area contributed by atoms with Crippen molar-refractivity contribution >= 4 is 34.8 Å². The van der Waals surface area contributed by atoms with Gasteiger partial charge in [0.1, 0.15) is 17.9 Å². The van der Waals surface area contributed by atoms with Gasteiger partial charge in [0.2, 0.25) is 11.8 Å². The Labute approximate surface area is 208 Å². The van der Waals surface area contributed by atoms with Gasteiger partial charge >= 0.3 is 12.2 Å². The molecule has 4 aromatic rings. The van der Waals surface area contributed by atoms with Crippen LogP contribution in [-0.2, 0) is 6.18 Å². The number of carbonyl (C=O) groups excluding carboxylic acids is 2. The van der Waals surface area contributed by atoms with E-state index in [0.29, 0.717) is 28.5 Å². The zero-order valence-corrected chi connectivity index (χ0v) is 18.9. The monoisotopic (exact) mass is 508 g/mol. The Bertz CT molecular complexity index is 1410. The fourth-order valence-corrected chi connectivity index (χ4v) is 3.12. The van der Waals surface area contributed by atoms with Crippen molar-refractivity contribution in [1.29, 1.82) is 0 Å². The number of primary amides is 1. The number of halogens is 3. The third kappa shape index (κ3) is 6.94. The Balaban J connectivity index is 1.34. The predicted octanol–water partition coefficient (Wildman–Crippen LogP) is 5.77. The van der Waals surface area contributed by atoms with Crippen molar-refractivity contribution in [3.63, 3.8) is 0 Å². The molecule has 0 fully saturated rings. The van der Waals surface area contributed by atoms with Crippen LogP contribution in [0.15, 0.2) is 85.2 Å².